The smallest absolute Gasteiger partial charge is 0.255 e. The molecule has 134 valence electrons. The second kappa shape index (κ2) is 7.75. The Hall–Kier alpha value is -0.930. The Morgan fingerprint density at radius 3 is 2.60 bits per heavy atom. The predicted molar refractivity (Wildman–Crippen MR) is 103 cm³/mol. The number of rotatable bonds is 4. The molecule has 2 heterocycles. The highest BCUT2D eigenvalue weighted by Crippen LogP contribution is 2.24. The first kappa shape index (κ1) is 18.8. The number of hydrogen-bond acceptors (Lipinski definition) is 4. The van der Waals surface area contributed by atoms with E-state index in [1.165, 1.54) is 11.3 Å². The summed E-state index contributed by atoms with van der Waals surface area (Å²) in [6, 6.07) is 8.29. The first-order valence-electron chi connectivity index (χ1n) is 7.67. The van der Waals surface area contributed by atoms with Gasteiger partial charge in [-0.1, -0.05) is 33.6 Å². The van der Waals surface area contributed by atoms with Gasteiger partial charge in [-0.15, -0.1) is 11.3 Å². The summed E-state index contributed by atoms with van der Waals surface area (Å²) in [4.78, 5) is 14.3. The maximum atomic E-state index is 12.6. The quantitative estimate of drug-likeness (QED) is 0.751. The molecule has 9 heteroatoms. The number of benzene rings is 1. The van der Waals surface area contributed by atoms with Crippen LogP contribution in [0, 0.1) is 0 Å². The van der Waals surface area contributed by atoms with Crippen LogP contribution in [0.3, 0.4) is 0 Å². The van der Waals surface area contributed by atoms with E-state index in [1.807, 2.05) is 0 Å². The van der Waals surface area contributed by atoms with Gasteiger partial charge in [-0.3, -0.25) is 4.79 Å². The summed E-state index contributed by atoms with van der Waals surface area (Å²) in [5, 5.41) is 2.14. The van der Waals surface area contributed by atoms with Gasteiger partial charge < -0.3 is 4.90 Å². The van der Waals surface area contributed by atoms with E-state index in [-0.39, 0.29) is 11.9 Å². The lowest BCUT2D eigenvalue weighted by Gasteiger charge is -2.32. The Morgan fingerprint density at radius 2 is 2.00 bits per heavy atom. The average Bonchev–Trinajstić information content (AvgIpc) is 3.10. The number of nitrogens with zero attached hydrogens (tertiary/aromatic N) is 1. The molecule has 1 aromatic heterocycles. The van der Waals surface area contributed by atoms with Gasteiger partial charge in [-0.05, 0) is 42.5 Å². The van der Waals surface area contributed by atoms with Crippen LogP contribution in [0.25, 0.3) is 0 Å². The van der Waals surface area contributed by atoms with E-state index < -0.39 is 10.0 Å². The molecule has 1 saturated heterocycles. The largest absolute Gasteiger partial charge is 0.338 e. The molecular formula is C16H16BrClN2O3S2. The van der Waals surface area contributed by atoms with Gasteiger partial charge in [0.05, 0.1) is 10.6 Å². The van der Waals surface area contributed by atoms with E-state index in [2.05, 4.69) is 20.7 Å². The van der Waals surface area contributed by atoms with Gasteiger partial charge in [0, 0.05) is 23.6 Å². The number of nitrogens with one attached hydrogen (secondary N) is 1. The molecule has 0 aliphatic carbocycles. The topological polar surface area (TPSA) is 66.5 Å². The number of hydrogen-bond donors (Lipinski definition) is 1. The molecule has 0 saturated carbocycles. The van der Waals surface area contributed by atoms with Gasteiger partial charge in [0.25, 0.3) is 5.91 Å². The molecule has 0 atom stereocenters. The van der Waals surface area contributed by atoms with E-state index in [0.29, 0.717) is 40.7 Å². The van der Waals surface area contributed by atoms with Gasteiger partial charge in [-0.2, -0.15) is 0 Å². The Kier molecular flexibility index (Phi) is 5.85. The summed E-state index contributed by atoms with van der Waals surface area (Å²) in [7, 11) is -3.48. The molecule has 1 fully saturated rings. The molecule has 25 heavy (non-hydrogen) atoms. The molecule has 5 nitrogen and oxygen atoms in total. The van der Waals surface area contributed by atoms with Crippen molar-refractivity contribution in [3.63, 3.8) is 0 Å². The minimum absolute atomic E-state index is 0.128. The molecule has 0 bridgehead atoms. The average molecular weight is 464 g/mol. The van der Waals surface area contributed by atoms with Gasteiger partial charge in [0.2, 0.25) is 10.0 Å². The first-order valence-corrected chi connectivity index (χ1v) is 11.2. The minimum Gasteiger partial charge on any atom is -0.338 e. The number of thiophene rings is 1. The second-order valence-electron chi connectivity index (χ2n) is 5.74. The zero-order valence-electron chi connectivity index (χ0n) is 13.1. The van der Waals surface area contributed by atoms with Gasteiger partial charge >= 0.3 is 0 Å². The van der Waals surface area contributed by atoms with Crippen molar-refractivity contribution in [2.45, 2.75) is 23.1 Å². The van der Waals surface area contributed by atoms with Crippen LogP contribution >= 0.6 is 38.9 Å². The van der Waals surface area contributed by atoms with Crippen molar-refractivity contribution in [3.8, 4) is 0 Å². The third-order valence-corrected chi connectivity index (χ3v) is 7.75. The number of carbonyl (C=O) groups is 1. The van der Waals surface area contributed by atoms with Crippen LogP contribution in [0.4, 0.5) is 0 Å². The van der Waals surface area contributed by atoms with E-state index >= 15 is 0 Å². The monoisotopic (exact) mass is 462 g/mol. The Labute approximate surface area is 164 Å². The number of sulfonamides is 1. The van der Waals surface area contributed by atoms with Crippen LogP contribution in [-0.4, -0.2) is 38.4 Å². The summed E-state index contributed by atoms with van der Waals surface area (Å²) >= 11 is 10.7. The van der Waals surface area contributed by atoms with Crippen molar-refractivity contribution in [3.05, 3.63) is 50.8 Å². The van der Waals surface area contributed by atoms with Crippen LogP contribution in [0.5, 0.6) is 0 Å². The fraction of sp³-hybridized carbons (Fsp3) is 0.312. The van der Waals surface area contributed by atoms with E-state index in [1.54, 1.807) is 40.6 Å². The fourth-order valence-corrected chi connectivity index (χ4v) is 5.80. The lowest BCUT2D eigenvalue weighted by molar-refractivity contribution is 0.0711. The number of amides is 1. The van der Waals surface area contributed by atoms with Crippen LogP contribution in [0.15, 0.2) is 44.4 Å². The first-order chi connectivity index (χ1) is 11.9. The fourth-order valence-electron chi connectivity index (χ4n) is 2.73. The normalized spacial score (nSPS) is 16.2. The molecule has 0 spiro atoms. The van der Waals surface area contributed by atoms with Crippen LogP contribution in [-0.2, 0) is 10.0 Å². The van der Waals surface area contributed by atoms with E-state index in [4.69, 9.17) is 11.6 Å². The van der Waals surface area contributed by atoms with Crippen molar-refractivity contribution in [2.24, 2.45) is 0 Å². The summed E-state index contributed by atoms with van der Waals surface area (Å²) in [6.07, 6.45) is 1.15. The third-order valence-electron chi connectivity index (χ3n) is 4.03. The third kappa shape index (κ3) is 4.43. The maximum absolute atomic E-state index is 12.6. The van der Waals surface area contributed by atoms with Crippen molar-refractivity contribution in [1.29, 1.82) is 0 Å². The van der Waals surface area contributed by atoms with Crippen LogP contribution in [0.2, 0.25) is 5.02 Å². The van der Waals surface area contributed by atoms with E-state index in [9.17, 15) is 13.2 Å². The summed E-state index contributed by atoms with van der Waals surface area (Å²) in [5.74, 6) is -0.128. The molecular weight excluding hydrogens is 448 g/mol. The zero-order valence-corrected chi connectivity index (χ0v) is 17.1. The SMILES string of the molecule is O=C(c1ccc(Br)cc1Cl)N1CCC(NS(=O)(=O)c2cccs2)CC1. The van der Waals surface area contributed by atoms with Gasteiger partial charge in [-0.25, -0.2) is 13.1 Å². The minimum atomic E-state index is -3.48. The Bertz CT molecular complexity index is 864. The molecule has 0 unspecified atom stereocenters. The van der Waals surface area contributed by atoms with Crippen molar-refractivity contribution in [2.75, 3.05) is 13.1 Å². The second-order valence-corrected chi connectivity index (χ2v) is 9.96. The standard InChI is InChI=1S/C16H16BrClN2O3S2/c17-11-3-4-13(14(18)10-11)16(21)20-7-5-12(6-8-20)19-25(22,23)15-2-1-9-24-15/h1-4,9-10,12,19H,5-8H2. The molecule has 1 aliphatic heterocycles. The van der Waals surface area contributed by atoms with Crippen LogP contribution < -0.4 is 4.72 Å². The number of likely N-dealkylation sites (tertiary alicyclic amines) is 1. The molecule has 1 N–H and O–H groups in total. The summed E-state index contributed by atoms with van der Waals surface area (Å²) in [6.45, 7) is 0.978. The molecule has 1 aromatic carbocycles. The van der Waals surface area contributed by atoms with Crippen molar-refractivity contribution >= 4 is 54.8 Å². The highest BCUT2D eigenvalue weighted by Gasteiger charge is 2.28. The number of piperidine rings is 1. The molecule has 3 rings (SSSR count). The summed E-state index contributed by atoms with van der Waals surface area (Å²) in [5.41, 5.74) is 0.461. The maximum Gasteiger partial charge on any atom is 0.255 e. The number of carbonyl (C=O) groups excluding carboxylic acids is 1. The lowest BCUT2D eigenvalue weighted by atomic mass is 10.0. The number of halogens is 2. The zero-order chi connectivity index (χ0) is 18.0. The Morgan fingerprint density at radius 1 is 1.28 bits per heavy atom. The lowest BCUT2D eigenvalue weighted by Crippen LogP contribution is -2.46. The summed E-state index contributed by atoms with van der Waals surface area (Å²) < 4.78 is 28.4. The van der Waals surface area contributed by atoms with Crippen LogP contribution in [0.1, 0.15) is 23.2 Å². The van der Waals surface area contributed by atoms with Crippen molar-refractivity contribution < 1.29 is 13.2 Å². The predicted octanol–water partition coefficient (Wildman–Crippen LogP) is 3.75. The van der Waals surface area contributed by atoms with Gasteiger partial charge in [0.15, 0.2) is 0 Å². The Balaban J connectivity index is 1.61. The highest BCUT2D eigenvalue weighted by molar-refractivity contribution is 9.10. The van der Waals surface area contributed by atoms with Crippen molar-refractivity contribution in [1.82, 2.24) is 9.62 Å². The molecule has 0 radical (unpaired) electrons. The molecule has 1 aliphatic rings. The molecule has 1 amide bonds. The highest BCUT2D eigenvalue weighted by atomic mass is 79.9. The molecule has 2 aromatic rings. The van der Waals surface area contributed by atoms with E-state index in [0.717, 1.165) is 4.47 Å². The van der Waals surface area contributed by atoms with Gasteiger partial charge in [0.1, 0.15) is 4.21 Å².